The summed E-state index contributed by atoms with van der Waals surface area (Å²) in [4.78, 5) is 27.1. The van der Waals surface area contributed by atoms with Crippen LogP contribution < -0.4 is 14.2 Å². The van der Waals surface area contributed by atoms with Crippen molar-refractivity contribution < 1.29 is 23.8 Å². The van der Waals surface area contributed by atoms with Gasteiger partial charge in [-0.25, -0.2) is 4.79 Å². The van der Waals surface area contributed by atoms with E-state index in [0.717, 1.165) is 55.0 Å². The maximum absolute atomic E-state index is 12.7. The summed E-state index contributed by atoms with van der Waals surface area (Å²) in [6, 6.07) is 20.0. The number of ether oxygens (including phenoxy) is 3. The number of nitrogens with zero attached hydrogens (tertiary/aromatic N) is 1. The van der Waals surface area contributed by atoms with Crippen LogP contribution in [-0.2, 0) is 6.42 Å². The average Bonchev–Trinajstić information content (AvgIpc) is 2.94. The van der Waals surface area contributed by atoms with Crippen LogP contribution in [0.15, 0.2) is 66.7 Å². The van der Waals surface area contributed by atoms with Crippen LogP contribution in [0.3, 0.4) is 0 Å². The largest absolute Gasteiger partial charge is 0.493 e. The standard InChI is InChI=1S/C32H39NO5/c1-5-18-33(19-6-2)31(34)26-14-16-28(17-15-26)36-20-11-21-37-30-24(4)22-29(23-25(30)7-3)38-32(35)27-12-9-8-10-13-27/h8-10,12-17,22-23H,5-7,11,18-21H2,1-4H3. The SMILES string of the molecule is CCCN(CCC)C(=O)c1ccc(OCCCOc2c(C)cc(OC(=O)c3ccccc3)cc2CC)cc1. The molecule has 38 heavy (non-hydrogen) atoms. The number of amides is 1. The summed E-state index contributed by atoms with van der Waals surface area (Å²) in [5, 5.41) is 0. The van der Waals surface area contributed by atoms with Gasteiger partial charge in [0, 0.05) is 25.1 Å². The van der Waals surface area contributed by atoms with Gasteiger partial charge in [-0.15, -0.1) is 0 Å². The number of hydrogen-bond donors (Lipinski definition) is 0. The minimum atomic E-state index is -0.380. The number of esters is 1. The summed E-state index contributed by atoms with van der Waals surface area (Å²) in [6.07, 6.45) is 3.34. The fourth-order valence-corrected chi connectivity index (χ4v) is 4.23. The van der Waals surface area contributed by atoms with Crippen molar-refractivity contribution in [2.24, 2.45) is 0 Å². The minimum absolute atomic E-state index is 0.0663. The van der Waals surface area contributed by atoms with E-state index in [0.29, 0.717) is 36.5 Å². The smallest absolute Gasteiger partial charge is 0.343 e. The van der Waals surface area contributed by atoms with Crippen LogP contribution in [0.1, 0.15) is 71.9 Å². The number of carbonyl (C=O) groups is 2. The Morgan fingerprint density at radius 3 is 2.05 bits per heavy atom. The van der Waals surface area contributed by atoms with Gasteiger partial charge in [0.25, 0.3) is 5.91 Å². The molecular weight excluding hydrogens is 478 g/mol. The molecular formula is C32H39NO5. The van der Waals surface area contributed by atoms with Crippen molar-refractivity contribution in [3.8, 4) is 17.2 Å². The fourth-order valence-electron chi connectivity index (χ4n) is 4.23. The first-order valence-electron chi connectivity index (χ1n) is 13.5. The van der Waals surface area contributed by atoms with Crippen LogP contribution in [0.4, 0.5) is 0 Å². The molecule has 0 aromatic heterocycles. The lowest BCUT2D eigenvalue weighted by molar-refractivity contribution is 0.0731. The van der Waals surface area contributed by atoms with E-state index in [1.54, 1.807) is 12.1 Å². The average molecular weight is 518 g/mol. The molecule has 6 nitrogen and oxygen atoms in total. The maximum Gasteiger partial charge on any atom is 0.343 e. The lowest BCUT2D eigenvalue weighted by Gasteiger charge is -2.21. The van der Waals surface area contributed by atoms with Crippen LogP contribution in [-0.4, -0.2) is 43.1 Å². The number of carbonyl (C=O) groups excluding carboxylic acids is 2. The first kappa shape index (κ1) is 28.8. The first-order valence-corrected chi connectivity index (χ1v) is 13.5. The monoisotopic (exact) mass is 517 g/mol. The molecule has 0 saturated carbocycles. The van der Waals surface area contributed by atoms with E-state index in [1.807, 2.05) is 73.3 Å². The van der Waals surface area contributed by atoms with Gasteiger partial charge in [0.1, 0.15) is 17.2 Å². The van der Waals surface area contributed by atoms with E-state index in [2.05, 4.69) is 13.8 Å². The molecule has 0 heterocycles. The molecule has 0 saturated heterocycles. The van der Waals surface area contributed by atoms with Gasteiger partial charge in [-0.1, -0.05) is 39.0 Å². The molecule has 202 valence electrons. The Morgan fingerprint density at radius 2 is 1.42 bits per heavy atom. The van der Waals surface area contributed by atoms with Crippen molar-refractivity contribution in [1.29, 1.82) is 0 Å². The predicted molar refractivity (Wildman–Crippen MR) is 150 cm³/mol. The summed E-state index contributed by atoms with van der Waals surface area (Å²) in [7, 11) is 0. The van der Waals surface area contributed by atoms with Gasteiger partial charge in [0.2, 0.25) is 0 Å². The number of aryl methyl sites for hydroxylation is 2. The lowest BCUT2D eigenvalue weighted by Crippen LogP contribution is -2.32. The summed E-state index contributed by atoms with van der Waals surface area (Å²) in [5.41, 5.74) is 3.10. The first-order chi connectivity index (χ1) is 18.5. The molecule has 3 aromatic carbocycles. The van der Waals surface area contributed by atoms with Crippen LogP contribution in [0.25, 0.3) is 0 Å². The summed E-state index contributed by atoms with van der Waals surface area (Å²) < 4.78 is 17.5. The Kier molecular flexibility index (Phi) is 11.2. The third kappa shape index (κ3) is 8.10. The van der Waals surface area contributed by atoms with Gasteiger partial charge in [0.05, 0.1) is 18.8 Å². The topological polar surface area (TPSA) is 65.1 Å². The quantitative estimate of drug-likeness (QED) is 0.132. The van der Waals surface area contributed by atoms with Gasteiger partial charge >= 0.3 is 5.97 Å². The van der Waals surface area contributed by atoms with E-state index >= 15 is 0 Å². The second kappa shape index (κ2) is 14.8. The molecule has 0 bridgehead atoms. The summed E-state index contributed by atoms with van der Waals surface area (Å²) in [5.74, 6) is 1.75. The van der Waals surface area contributed by atoms with Gasteiger partial charge in [-0.2, -0.15) is 0 Å². The molecule has 0 aliphatic rings. The maximum atomic E-state index is 12.7. The zero-order valence-electron chi connectivity index (χ0n) is 23.0. The molecule has 3 rings (SSSR count). The zero-order chi connectivity index (χ0) is 27.3. The van der Waals surface area contributed by atoms with E-state index in [9.17, 15) is 9.59 Å². The molecule has 6 heteroatoms. The molecule has 0 fully saturated rings. The molecule has 1 amide bonds. The van der Waals surface area contributed by atoms with E-state index in [1.165, 1.54) is 0 Å². The fraction of sp³-hybridized carbons (Fsp3) is 0.375. The van der Waals surface area contributed by atoms with Crippen molar-refractivity contribution in [2.75, 3.05) is 26.3 Å². The van der Waals surface area contributed by atoms with E-state index in [-0.39, 0.29) is 11.9 Å². The second-order valence-corrected chi connectivity index (χ2v) is 9.20. The Balaban J connectivity index is 1.49. The van der Waals surface area contributed by atoms with Gasteiger partial charge in [0.15, 0.2) is 0 Å². The molecule has 0 aliphatic heterocycles. The minimum Gasteiger partial charge on any atom is -0.493 e. The van der Waals surface area contributed by atoms with E-state index in [4.69, 9.17) is 14.2 Å². The van der Waals surface area contributed by atoms with Gasteiger partial charge in [-0.05, 0) is 85.8 Å². The van der Waals surface area contributed by atoms with Crippen molar-refractivity contribution in [3.05, 3.63) is 89.0 Å². The van der Waals surface area contributed by atoms with Crippen molar-refractivity contribution in [2.45, 2.75) is 53.4 Å². The summed E-state index contributed by atoms with van der Waals surface area (Å²) >= 11 is 0. The van der Waals surface area contributed by atoms with Gasteiger partial charge < -0.3 is 19.1 Å². The third-order valence-corrected chi connectivity index (χ3v) is 6.11. The van der Waals surface area contributed by atoms with Crippen molar-refractivity contribution >= 4 is 11.9 Å². The van der Waals surface area contributed by atoms with Crippen LogP contribution in [0.2, 0.25) is 0 Å². The van der Waals surface area contributed by atoms with E-state index < -0.39 is 0 Å². The normalized spacial score (nSPS) is 10.6. The molecule has 3 aromatic rings. The highest BCUT2D eigenvalue weighted by molar-refractivity contribution is 5.94. The Hall–Kier alpha value is -3.80. The molecule has 0 spiro atoms. The van der Waals surface area contributed by atoms with Crippen molar-refractivity contribution in [1.82, 2.24) is 4.90 Å². The lowest BCUT2D eigenvalue weighted by atomic mass is 10.1. The van der Waals surface area contributed by atoms with Crippen LogP contribution in [0.5, 0.6) is 17.2 Å². The number of rotatable bonds is 14. The molecule has 0 aliphatic carbocycles. The molecule has 0 radical (unpaired) electrons. The number of hydrogen-bond acceptors (Lipinski definition) is 5. The Morgan fingerprint density at radius 1 is 0.763 bits per heavy atom. The molecule has 0 unspecified atom stereocenters. The Labute approximate surface area is 226 Å². The Bertz CT molecular complexity index is 1170. The highest BCUT2D eigenvalue weighted by atomic mass is 16.5. The highest BCUT2D eigenvalue weighted by Gasteiger charge is 2.15. The summed E-state index contributed by atoms with van der Waals surface area (Å²) in [6.45, 7) is 10.7. The zero-order valence-corrected chi connectivity index (χ0v) is 23.0. The third-order valence-electron chi connectivity index (χ3n) is 6.11. The van der Waals surface area contributed by atoms with Gasteiger partial charge in [-0.3, -0.25) is 4.79 Å². The second-order valence-electron chi connectivity index (χ2n) is 9.20. The predicted octanol–water partition coefficient (Wildman–Crippen LogP) is 6.89. The van der Waals surface area contributed by atoms with Crippen LogP contribution >= 0.6 is 0 Å². The number of benzene rings is 3. The molecule has 0 N–H and O–H groups in total. The highest BCUT2D eigenvalue weighted by Crippen LogP contribution is 2.30. The van der Waals surface area contributed by atoms with Crippen molar-refractivity contribution in [3.63, 3.8) is 0 Å². The van der Waals surface area contributed by atoms with Crippen LogP contribution in [0, 0.1) is 6.92 Å². The molecule has 0 atom stereocenters.